The summed E-state index contributed by atoms with van der Waals surface area (Å²) in [6, 6.07) is 1.82. The van der Waals surface area contributed by atoms with E-state index in [-0.39, 0.29) is 5.91 Å². The minimum atomic E-state index is -0.0364. The van der Waals surface area contributed by atoms with Gasteiger partial charge in [0.15, 0.2) is 0 Å². The van der Waals surface area contributed by atoms with Crippen LogP contribution >= 0.6 is 11.3 Å². The Labute approximate surface area is 103 Å². The van der Waals surface area contributed by atoms with E-state index in [0.29, 0.717) is 11.4 Å². The minimum Gasteiger partial charge on any atom is -0.361 e. The molecule has 0 spiro atoms. The number of carbonyl (C=O) groups is 1. The zero-order chi connectivity index (χ0) is 12.4. The van der Waals surface area contributed by atoms with E-state index in [4.69, 9.17) is 4.52 Å². The highest BCUT2D eigenvalue weighted by Crippen LogP contribution is 2.15. The van der Waals surface area contributed by atoms with Crippen molar-refractivity contribution in [2.24, 2.45) is 0 Å². The van der Waals surface area contributed by atoms with Gasteiger partial charge >= 0.3 is 0 Å². The second-order valence-corrected chi connectivity index (χ2v) is 4.71. The fourth-order valence-corrected chi connectivity index (χ4v) is 2.28. The minimum absolute atomic E-state index is 0.0364. The van der Waals surface area contributed by atoms with Crippen molar-refractivity contribution >= 4 is 17.2 Å². The number of amides is 1. The number of rotatable bonds is 3. The average Bonchev–Trinajstić information content (AvgIpc) is 2.86. The summed E-state index contributed by atoms with van der Waals surface area (Å²) >= 11 is 1.36. The summed E-state index contributed by atoms with van der Waals surface area (Å²) in [4.78, 5) is 18.4. The van der Waals surface area contributed by atoms with Crippen LogP contribution in [-0.4, -0.2) is 28.0 Å². The lowest BCUT2D eigenvalue weighted by Gasteiger charge is -2.14. The lowest BCUT2D eigenvalue weighted by Crippen LogP contribution is -2.26. The molecule has 0 saturated carbocycles. The van der Waals surface area contributed by atoms with Gasteiger partial charge in [0.05, 0.1) is 17.7 Å². The van der Waals surface area contributed by atoms with E-state index in [1.54, 1.807) is 17.5 Å². The van der Waals surface area contributed by atoms with Gasteiger partial charge in [-0.25, -0.2) is 4.98 Å². The molecule has 0 bridgehead atoms. The molecule has 0 atom stereocenters. The SMILES string of the molecule is Cc1cc(CN(C)C(=O)c2scnc2C)no1. The number of nitrogens with zero attached hydrogens (tertiary/aromatic N) is 3. The molecule has 6 heteroatoms. The zero-order valence-electron chi connectivity index (χ0n) is 9.93. The number of thiazole rings is 1. The molecule has 0 unspecified atom stereocenters. The first-order valence-electron chi connectivity index (χ1n) is 5.15. The third-order valence-corrected chi connectivity index (χ3v) is 3.28. The summed E-state index contributed by atoms with van der Waals surface area (Å²) in [5, 5.41) is 3.86. The van der Waals surface area contributed by atoms with E-state index in [2.05, 4.69) is 10.1 Å². The molecule has 0 aliphatic carbocycles. The van der Waals surface area contributed by atoms with Crippen LogP contribution in [0.1, 0.15) is 26.8 Å². The van der Waals surface area contributed by atoms with Crippen LogP contribution in [0.2, 0.25) is 0 Å². The third kappa shape index (κ3) is 2.52. The second kappa shape index (κ2) is 4.67. The molecular formula is C11H13N3O2S. The van der Waals surface area contributed by atoms with Crippen LogP contribution in [-0.2, 0) is 6.54 Å². The first-order valence-corrected chi connectivity index (χ1v) is 6.03. The molecule has 5 nitrogen and oxygen atoms in total. The van der Waals surface area contributed by atoms with Crippen LogP contribution in [0.25, 0.3) is 0 Å². The molecule has 17 heavy (non-hydrogen) atoms. The van der Waals surface area contributed by atoms with Crippen molar-refractivity contribution in [2.45, 2.75) is 20.4 Å². The predicted octanol–water partition coefficient (Wildman–Crippen LogP) is 2.02. The molecule has 2 rings (SSSR count). The molecule has 0 aliphatic rings. The topological polar surface area (TPSA) is 59.2 Å². The first kappa shape index (κ1) is 11.8. The highest BCUT2D eigenvalue weighted by molar-refractivity contribution is 7.11. The second-order valence-electron chi connectivity index (χ2n) is 3.86. The number of aryl methyl sites for hydroxylation is 2. The third-order valence-electron chi connectivity index (χ3n) is 2.36. The Morgan fingerprint density at radius 1 is 1.53 bits per heavy atom. The Bertz CT molecular complexity index is 532. The van der Waals surface area contributed by atoms with Crippen LogP contribution in [0, 0.1) is 13.8 Å². The zero-order valence-corrected chi connectivity index (χ0v) is 10.7. The van der Waals surface area contributed by atoms with Gasteiger partial charge in [0, 0.05) is 13.1 Å². The summed E-state index contributed by atoms with van der Waals surface area (Å²) in [5.74, 6) is 0.709. The number of carbonyl (C=O) groups excluding carboxylic acids is 1. The molecule has 0 radical (unpaired) electrons. The van der Waals surface area contributed by atoms with Gasteiger partial charge in [0.1, 0.15) is 16.3 Å². The normalized spacial score (nSPS) is 10.5. The molecule has 2 heterocycles. The van der Waals surface area contributed by atoms with Crippen LogP contribution in [0.5, 0.6) is 0 Å². The van der Waals surface area contributed by atoms with Crippen molar-refractivity contribution in [3.05, 3.63) is 33.6 Å². The summed E-state index contributed by atoms with van der Waals surface area (Å²) in [6.45, 7) is 4.09. The van der Waals surface area contributed by atoms with Gasteiger partial charge in [-0.1, -0.05) is 5.16 Å². The highest BCUT2D eigenvalue weighted by Gasteiger charge is 2.17. The Hall–Kier alpha value is -1.69. The maximum Gasteiger partial charge on any atom is 0.265 e. The lowest BCUT2D eigenvalue weighted by molar-refractivity contribution is 0.0786. The van der Waals surface area contributed by atoms with Crippen LogP contribution in [0.3, 0.4) is 0 Å². The van der Waals surface area contributed by atoms with E-state index >= 15 is 0 Å². The number of hydrogen-bond donors (Lipinski definition) is 0. The van der Waals surface area contributed by atoms with Gasteiger partial charge in [-0.3, -0.25) is 4.79 Å². The van der Waals surface area contributed by atoms with E-state index in [0.717, 1.165) is 17.1 Å². The first-order chi connectivity index (χ1) is 8.08. The Kier molecular flexibility index (Phi) is 3.23. The maximum atomic E-state index is 12.1. The van der Waals surface area contributed by atoms with E-state index in [1.165, 1.54) is 11.3 Å². The Morgan fingerprint density at radius 3 is 2.82 bits per heavy atom. The molecule has 2 aromatic rings. The molecule has 1 amide bonds. The molecule has 0 aromatic carbocycles. The van der Waals surface area contributed by atoms with Crippen molar-refractivity contribution in [3.63, 3.8) is 0 Å². The molecule has 90 valence electrons. The Morgan fingerprint density at radius 2 is 2.29 bits per heavy atom. The van der Waals surface area contributed by atoms with Crippen LogP contribution in [0.4, 0.5) is 0 Å². The maximum absolute atomic E-state index is 12.1. The van der Waals surface area contributed by atoms with E-state index in [9.17, 15) is 4.79 Å². The lowest BCUT2D eigenvalue weighted by atomic mass is 10.3. The number of hydrogen-bond acceptors (Lipinski definition) is 5. The summed E-state index contributed by atoms with van der Waals surface area (Å²) < 4.78 is 4.96. The van der Waals surface area contributed by atoms with Crippen LogP contribution in [0.15, 0.2) is 16.1 Å². The standard InChI is InChI=1S/C11H13N3O2S/c1-7-4-9(13-16-7)5-14(3)11(15)10-8(2)12-6-17-10/h4,6H,5H2,1-3H3. The molecule has 0 N–H and O–H groups in total. The summed E-state index contributed by atoms with van der Waals surface area (Å²) in [6.07, 6.45) is 0. The monoisotopic (exact) mass is 251 g/mol. The van der Waals surface area contributed by atoms with Crippen molar-refractivity contribution in [1.82, 2.24) is 15.0 Å². The van der Waals surface area contributed by atoms with E-state index < -0.39 is 0 Å². The smallest absolute Gasteiger partial charge is 0.265 e. The van der Waals surface area contributed by atoms with E-state index in [1.807, 2.05) is 19.9 Å². The summed E-state index contributed by atoms with van der Waals surface area (Å²) in [5.41, 5.74) is 3.19. The molecule has 0 fully saturated rings. The van der Waals surface area contributed by atoms with Crippen molar-refractivity contribution < 1.29 is 9.32 Å². The molecule has 2 aromatic heterocycles. The molecule has 0 aliphatic heterocycles. The molecular weight excluding hydrogens is 238 g/mol. The van der Waals surface area contributed by atoms with Gasteiger partial charge < -0.3 is 9.42 Å². The summed E-state index contributed by atoms with van der Waals surface area (Å²) in [7, 11) is 1.74. The van der Waals surface area contributed by atoms with Gasteiger partial charge in [-0.2, -0.15) is 0 Å². The fraction of sp³-hybridized carbons (Fsp3) is 0.364. The largest absolute Gasteiger partial charge is 0.361 e. The van der Waals surface area contributed by atoms with Crippen molar-refractivity contribution in [3.8, 4) is 0 Å². The van der Waals surface area contributed by atoms with Crippen molar-refractivity contribution in [1.29, 1.82) is 0 Å². The van der Waals surface area contributed by atoms with Gasteiger partial charge in [0.2, 0.25) is 0 Å². The quantitative estimate of drug-likeness (QED) is 0.837. The van der Waals surface area contributed by atoms with Crippen LogP contribution < -0.4 is 0 Å². The average molecular weight is 251 g/mol. The van der Waals surface area contributed by atoms with Gasteiger partial charge in [-0.05, 0) is 13.8 Å². The Balaban J connectivity index is 2.08. The molecule has 0 saturated heterocycles. The predicted molar refractivity (Wildman–Crippen MR) is 63.9 cm³/mol. The van der Waals surface area contributed by atoms with Crippen molar-refractivity contribution in [2.75, 3.05) is 7.05 Å². The highest BCUT2D eigenvalue weighted by atomic mass is 32.1. The number of aromatic nitrogens is 2. The fourth-order valence-electron chi connectivity index (χ4n) is 1.49. The van der Waals surface area contributed by atoms with Gasteiger partial charge in [-0.15, -0.1) is 11.3 Å². The van der Waals surface area contributed by atoms with Gasteiger partial charge in [0.25, 0.3) is 5.91 Å².